The Labute approximate surface area is 130 Å². The summed E-state index contributed by atoms with van der Waals surface area (Å²) in [4.78, 5) is 12.3. The van der Waals surface area contributed by atoms with Gasteiger partial charge in [-0.1, -0.05) is 20.3 Å². The molecule has 1 aliphatic heterocycles. The van der Waals surface area contributed by atoms with E-state index in [1.54, 1.807) is 0 Å². The summed E-state index contributed by atoms with van der Waals surface area (Å²) < 4.78 is 0. The van der Waals surface area contributed by atoms with Crippen LogP contribution >= 0.6 is 12.4 Å². The van der Waals surface area contributed by atoms with Crippen LogP contribution in [0.5, 0.6) is 0 Å². The molecule has 2 fully saturated rings. The molecule has 1 saturated carbocycles. The monoisotopic (exact) mass is 302 g/mol. The lowest BCUT2D eigenvalue weighted by Gasteiger charge is -2.35. The van der Waals surface area contributed by atoms with Gasteiger partial charge in [-0.25, -0.2) is 0 Å². The molecular formula is C16H31ClN2O. The fourth-order valence-electron chi connectivity index (χ4n) is 3.48. The Kier molecular flexibility index (Phi) is 7.32. The van der Waals surface area contributed by atoms with Crippen LogP contribution in [0.25, 0.3) is 0 Å². The molecule has 4 heteroatoms. The zero-order valence-electron chi connectivity index (χ0n) is 13.0. The minimum atomic E-state index is 0. The van der Waals surface area contributed by atoms with Gasteiger partial charge in [0.2, 0.25) is 5.91 Å². The van der Waals surface area contributed by atoms with Gasteiger partial charge in [-0.15, -0.1) is 12.4 Å². The summed E-state index contributed by atoms with van der Waals surface area (Å²) in [7, 11) is 0. The molecule has 2 rings (SSSR count). The molecule has 0 aromatic rings. The molecule has 2 N–H and O–H groups in total. The van der Waals surface area contributed by atoms with E-state index in [0.29, 0.717) is 11.3 Å². The molecule has 1 heterocycles. The number of carbonyl (C=O) groups is 1. The molecule has 0 spiro atoms. The first-order chi connectivity index (χ1) is 9.13. The molecule has 0 aromatic carbocycles. The lowest BCUT2D eigenvalue weighted by molar-refractivity contribution is -0.126. The molecular weight excluding hydrogens is 272 g/mol. The van der Waals surface area contributed by atoms with Crippen LogP contribution in [0.3, 0.4) is 0 Å². The van der Waals surface area contributed by atoms with Crippen LogP contribution in [0, 0.1) is 17.3 Å². The highest BCUT2D eigenvalue weighted by Gasteiger charge is 2.30. The predicted molar refractivity (Wildman–Crippen MR) is 86.2 cm³/mol. The van der Waals surface area contributed by atoms with Crippen molar-refractivity contribution in [1.82, 2.24) is 10.6 Å². The van der Waals surface area contributed by atoms with E-state index in [4.69, 9.17) is 0 Å². The summed E-state index contributed by atoms with van der Waals surface area (Å²) in [6.07, 6.45) is 8.32. The summed E-state index contributed by atoms with van der Waals surface area (Å²) in [5, 5.41) is 6.62. The average Bonchev–Trinajstić information content (AvgIpc) is 2.46. The van der Waals surface area contributed by atoms with Crippen LogP contribution < -0.4 is 10.6 Å². The van der Waals surface area contributed by atoms with Gasteiger partial charge in [-0.05, 0) is 62.9 Å². The number of hydrogen-bond donors (Lipinski definition) is 2. The minimum absolute atomic E-state index is 0. The van der Waals surface area contributed by atoms with E-state index in [2.05, 4.69) is 24.5 Å². The van der Waals surface area contributed by atoms with E-state index >= 15 is 0 Å². The Morgan fingerprint density at radius 1 is 1.20 bits per heavy atom. The molecule has 1 aliphatic carbocycles. The number of halogens is 1. The summed E-state index contributed by atoms with van der Waals surface area (Å²) in [5.74, 6) is 1.47. The number of amides is 1. The highest BCUT2D eigenvalue weighted by molar-refractivity contribution is 5.85. The van der Waals surface area contributed by atoms with Gasteiger partial charge in [-0.2, -0.15) is 0 Å². The second kappa shape index (κ2) is 8.23. The summed E-state index contributed by atoms with van der Waals surface area (Å²) >= 11 is 0. The predicted octanol–water partition coefficient (Wildman–Crippen LogP) is 3.13. The van der Waals surface area contributed by atoms with Gasteiger partial charge in [0.15, 0.2) is 0 Å². The second-order valence-electron chi connectivity index (χ2n) is 6.90. The lowest BCUT2D eigenvalue weighted by Crippen LogP contribution is -2.44. The largest absolute Gasteiger partial charge is 0.355 e. The summed E-state index contributed by atoms with van der Waals surface area (Å²) in [6, 6.07) is 0. The van der Waals surface area contributed by atoms with Crippen LogP contribution in [0.2, 0.25) is 0 Å². The Balaban J connectivity index is 0.00000200. The van der Waals surface area contributed by atoms with Gasteiger partial charge >= 0.3 is 0 Å². The average molecular weight is 303 g/mol. The summed E-state index contributed by atoms with van der Waals surface area (Å²) in [6.45, 7) is 7.62. The molecule has 1 amide bonds. The highest BCUT2D eigenvalue weighted by Crippen LogP contribution is 2.31. The van der Waals surface area contributed by atoms with E-state index in [1.807, 2.05) is 0 Å². The SMILES string of the molecule is CCC1CCC(C(=O)NCC2(C)CCNCC2)CC1.Cl. The number of hydrogen-bond acceptors (Lipinski definition) is 2. The molecule has 3 nitrogen and oxygen atoms in total. The van der Waals surface area contributed by atoms with Crippen LogP contribution in [0.1, 0.15) is 58.8 Å². The fraction of sp³-hybridized carbons (Fsp3) is 0.938. The van der Waals surface area contributed by atoms with E-state index in [-0.39, 0.29) is 18.3 Å². The zero-order valence-corrected chi connectivity index (χ0v) is 13.9. The molecule has 0 unspecified atom stereocenters. The van der Waals surface area contributed by atoms with Crippen molar-refractivity contribution >= 4 is 18.3 Å². The van der Waals surface area contributed by atoms with Crippen LogP contribution in [-0.4, -0.2) is 25.5 Å². The molecule has 0 radical (unpaired) electrons. The third-order valence-electron chi connectivity index (χ3n) is 5.29. The zero-order chi connectivity index (χ0) is 13.7. The van der Waals surface area contributed by atoms with Crippen molar-refractivity contribution in [1.29, 1.82) is 0 Å². The van der Waals surface area contributed by atoms with Crippen molar-refractivity contribution in [3.8, 4) is 0 Å². The third kappa shape index (κ3) is 4.92. The number of rotatable bonds is 4. The van der Waals surface area contributed by atoms with E-state index in [0.717, 1.165) is 38.4 Å². The van der Waals surface area contributed by atoms with Crippen molar-refractivity contribution in [3.05, 3.63) is 0 Å². The molecule has 2 aliphatic rings. The van der Waals surface area contributed by atoms with Crippen LogP contribution in [0.4, 0.5) is 0 Å². The third-order valence-corrected chi connectivity index (χ3v) is 5.29. The molecule has 118 valence electrons. The number of piperidine rings is 1. The van der Waals surface area contributed by atoms with E-state index < -0.39 is 0 Å². The van der Waals surface area contributed by atoms with Crippen molar-refractivity contribution in [2.75, 3.05) is 19.6 Å². The standard InChI is InChI=1S/C16H30N2O.ClH/c1-3-13-4-6-14(7-5-13)15(19)18-12-16(2)8-10-17-11-9-16;/h13-14,17H,3-12H2,1-2H3,(H,18,19);1H. The maximum Gasteiger partial charge on any atom is 0.223 e. The smallest absolute Gasteiger partial charge is 0.223 e. The Hall–Kier alpha value is -0.280. The van der Waals surface area contributed by atoms with Crippen molar-refractivity contribution < 1.29 is 4.79 Å². The van der Waals surface area contributed by atoms with Crippen LogP contribution in [-0.2, 0) is 4.79 Å². The molecule has 20 heavy (non-hydrogen) atoms. The number of carbonyl (C=O) groups excluding carboxylic acids is 1. The Morgan fingerprint density at radius 3 is 2.35 bits per heavy atom. The maximum atomic E-state index is 12.3. The van der Waals surface area contributed by atoms with Crippen molar-refractivity contribution in [3.63, 3.8) is 0 Å². The van der Waals surface area contributed by atoms with Gasteiger partial charge in [0, 0.05) is 12.5 Å². The molecule has 0 atom stereocenters. The molecule has 1 saturated heterocycles. The van der Waals surface area contributed by atoms with Crippen molar-refractivity contribution in [2.24, 2.45) is 17.3 Å². The second-order valence-corrected chi connectivity index (χ2v) is 6.90. The first-order valence-corrected chi connectivity index (χ1v) is 8.11. The van der Waals surface area contributed by atoms with Crippen LogP contribution in [0.15, 0.2) is 0 Å². The first kappa shape index (κ1) is 17.8. The Bertz CT molecular complexity index is 295. The van der Waals surface area contributed by atoms with E-state index in [9.17, 15) is 4.79 Å². The fourth-order valence-corrected chi connectivity index (χ4v) is 3.48. The van der Waals surface area contributed by atoms with Gasteiger partial charge in [0.25, 0.3) is 0 Å². The maximum absolute atomic E-state index is 12.3. The lowest BCUT2D eigenvalue weighted by atomic mass is 9.79. The normalized spacial score (nSPS) is 29.3. The van der Waals surface area contributed by atoms with Gasteiger partial charge in [0.1, 0.15) is 0 Å². The highest BCUT2D eigenvalue weighted by atomic mass is 35.5. The Morgan fingerprint density at radius 2 is 1.80 bits per heavy atom. The summed E-state index contributed by atoms with van der Waals surface area (Å²) in [5.41, 5.74) is 0.307. The molecule has 0 aromatic heterocycles. The number of nitrogens with one attached hydrogen (secondary N) is 2. The molecule has 0 bridgehead atoms. The topological polar surface area (TPSA) is 41.1 Å². The quantitative estimate of drug-likeness (QED) is 0.838. The van der Waals surface area contributed by atoms with Crippen molar-refractivity contribution in [2.45, 2.75) is 58.8 Å². The van der Waals surface area contributed by atoms with Gasteiger partial charge in [-0.3, -0.25) is 4.79 Å². The van der Waals surface area contributed by atoms with Gasteiger partial charge in [0.05, 0.1) is 0 Å². The van der Waals surface area contributed by atoms with Gasteiger partial charge < -0.3 is 10.6 Å². The first-order valence-electron chi connectivity index (χ1n) is 8.11. The minimum Gasteiger partial charge on any atom is -0.355 e. The van der Waals surface area contributed by atoms with E-state index in [1.165, 1.54) is 32.1 Å².